The normalized spacial score (nSPS) is 13.1. The molecule has 0 saturated carbocycles. The summed E-state index contributed by atoms with van der Waals surface area (Å²) >= 11 is 0. The zero-order chi connectivity index (χ0) is 11.0. The van der Waals surface area contributed by atoms with Gasteiger partial charge in [0.15, 0.2) is 0 Å². The molecule has 0 bridgehead atoms. The molecule has 0 aliphatic rings. The van der Waals surface area contributed by atoms with Crippen molar-refractivity contribution in [3.05, 3.63) is 0 Å². The fourth-order valence-electron chi connectivity index (χ4n) is 1.26. The molecule has 84 valence electrons. The molecule has 0 aliphatic heterocycles. The van der Waals surface area contributed by atoms with Gasteiger partial charge >= 0.3 is 5.97 Å². The molecule has 0 radical (unpaired) electrons. The second-order valence-electron chi connectivity index (χ2n) is 4.03. The fourth-order valence-corrected chi connectivity index (χ4v) is 1.26. The molecule has 0 aromatic rings. The van der Waals surface area contributed by atoms with Crippen molar-refractivity contribution in [2.75, 3.05) is 6.61 Å². The summed E-state index contributed by atoms with van der Waals surface area (Å²) in [6.07, 6.45) is 2.95. The Kier molecular flexibility index (Phi) is 7.48. The summed E-state index contributed by atoms with van der Waals surface area (Å²) < 4.78 is 5.47. The highest BCUT2D eigenvalue weighted by Crippen LogP contribution is 2.08. The van der Waals surface area contributed by atoms with Crippen LogP contribution in [0.15, 0.2) is 0 Å². The fraction of sp³-hybridized carbons (Fsp3) is 0.909. The molecule has 1 unspecified atom stereocenters. The summed E-state index contributed by atoms with van der Waals surface area (Å²) in [6.45, 7) is 6.99. The van der Waals surface area contributed by atoms with Gasteiger partial charge in [-0.15, -0.1) is 0 Å². The maximum absolute atomic E-state index is 10.4. The van der Waals surface area contributed by atoms with Gasteiger partial charge in [-0.1, -0.05) is 20.8 Å². The summed E-state index contributed by atoms with van der Waals surface area (Å²) in [5, 5.41) is 8.58. The number of aliphatic carboxylic acids is 1. The predicted molar refractivity (Wildman–Crippen MR) is 56.4 cm³/mol. The Bertz CT molecular complexity index is 155. The topological polar surface area (TPSA) is 46.5 Å². The van der Waals surface area contributed by atoms with Crippen LogP contribution in [0.2, 0.25) is 0 Å². The van der Waals surface area contributed by atoms with Crippen LogP contribution in [-0.2, 0) is 9.53 Å². The molecule has 0 spiro atoms. The van der Waals surface area contributed by atoms with Crippen LogP contribution in [-0.4, -0.2) is 23.8 Å². The molecular weight excluding hydrogens is 180 g/mol. The highest BCUT2D eigenvalue weighted by atomic mass is 16.5. The Morgan fingerprint density at radius 3 is 2.50 bits per heavy atom. The largest absolute Gasteiger partial charge is 0.481 e. The van der Waals surface area contributed by atoms with E-state index in [0.29, 0.717) is 12.5 Å². The highest BCUT2D eigenvalue weighted by Gasteiger charge is 2.10. The number of ether oxygens (including phenoxy) is 1. The molecule has 0 rings (SSSR count). The molecule has 0 aromatic heterocycles. The number of rotatable bonds is 8. The monoisotopic (exact) mass is 202 g/mol. The quantitative estimate of drug-likeness (QED) is 0.615. The van der Waals surface area contributed by atoms with E-state index < -0.39 is 5.97 Å². The average molecular weight is 202 g/mol. The van der Waals surface area contributed by atoms with Crippen molar-refractivity contribution < 1.29 is 14.6 Å². The molecule has 14 heavy (non-hydrogen) atoms. The van der Waals surface area contributed by atoms with Gasteiger partial charge in [-0.3, -0.25) is 4.79 Å². The minimum atomic E-state index is -0.777. The molecular formula is C11H22O3. The molecule has 3 heteroatoms. The van der Waals surface area contributed by atoms with Gasteiger partial charge in [0.25, 0.3) is 0 Å². The Balaban J connectivity index is 3.47. The van der Waals surface area contributed by atoms with Crippen LogP contribution in [0.4, 0.5) is 0 Å². The molecule has 1 N–H and O–H groups in total. The minimum absolute atomic E-state index is 0.111. The first-order chi connectivity index (χ1) is 6.56. The molecule has 0 fully saturated rings. The lowest BCUT2D eigenvalue weighted by molar-refractivity contribution is -0.140. The standard InChI is InChI=1S/C11H22O3/c1-4-10(8-11(12)13)14-7-5-6-9(2)3/h9-10H,4-8H2,1-3H3,(H,12,13). The first-order valence-electron chi connectivity index (χ1n) is 5.39. The van der Waals surface area contributed by atoms with Crippen LogP contribution >= 0.6 is 0 Å². The maximum Gasteiger partial charge on any atom is 0.305 e. The van der Waals surface area contributed by atoms with E-state index in [1.54, 1.807) is 0 Å². The van der Waals surface area contributed by atoms with Crippen molar-refractivity contribution in [1.82, 2.24) is 0 Å². The van der Waals surface area contributed by atoms with E-state index in [4.69, 9.17) is 9.84 Å². The Hall–Kier alpha value is -0.570. The molecule has 1 atom stereocenters. The van der Waals surface area contributed by atoms with Crippen molar-refractivity contribution in [3.63, 3.8) is 0 Å². The lowest BCUT2D eigenvalue weighted by Crippen LogP contribution is -2.17. The Labute approximate surface area is 86.5 Å². The number of hydrogen-bond donors (Lipinski definition) is 1. The predicted octanol–water partition coefficient (Wildman–Crippen LogP) is 2.69. The summed E-state index contributed by atoms with van der Waals surface area (Å²) in [5.74, 6) is -0.0844. The zero-order valence-electron chi connectivity index (χ0n) is 9.45. The second kappa shape index (κ2) is 7.80. The molecule has 0 aromatic carbocycles. The van der Waals surface area contributed by atoms with Gasteiger partial charge in [0.1, 0.15) is 0 Å². The summed E-state index contributed by atoms with van der Waals surface area (Å²) in [7, 11) is 0. The van der Waals surface area contributed by atoms with E-state index in [1.165, 1.54) is 0 Å². The van der Waals surface area contributed by atoms with Gasteiger partial charge in [0, 0.05) is 6.61 Å². The van der Waals surface area contributed by atoms with Crippen LogP contribution in [0.25, 0.3) is 0 Å². The first-order valence-corrected chi connectivity index (χ1v) is 5.39. The minimum Gasteiger partial charge on any atom is -0.481 e. The van der Waals surface area contributed by atoms with Gasteiger partial charge in [-0.25, -0.2) is 0 Å². The van der Waals surface area contributed by atoms with Gasteiger partial charge < -0.3 is 9.84 Å². The SMILES string of the molecule is CCC(CC(=O)O)OCCCC(C)C. The Morgan fingerprint density at radius 2 is 2.07 bits per heavy atom. The van der Waals surface area contributed by atoms with Gasteiger partial charge in [-0.2, -0.15) is 0 Å². The van der Waals surface area contributed by atoms with Crippen molar-refractivity contribution in [2.45, 2.75) is 52.6 Å². The third-order valence-electron chi connectivity index (χ3n) is 2.14. The van der Waals surface area contributed by atoms with E-state index in [1.807, 2.05) is 6.92 Å². The van der Waals surface area contributed by atoms with Gasteiger partial charge in [0.05, 0.1) is 12.5 Å². The Morgan fingerprint density at radius 1 is 1.43 bits per heavy atom. The number of carboxylic acid groups (broad SMARTS) is 1. The smallest absolute Gasteiger partial charge is 0.305 e. The van der Waals surface area contributed by atoms with Crippen molar-refractivity contribution >= 4 is 5.97 Å². The summed E-state index contributed by atoms with van der Waals surface area (Å²) in [5.41, 5.74) is 0. The van der Waals surface area contributed by atoms with Crippen molar-refractivity contribution in [2.24, 2.45) is 5.92 Å². The maximum atomic E-state index is 10.4. The van der Waals surface area contributed by atoms with Crippen molar-refractivity contribution in [1.29, 1.82) is 0 Å². The number of hydrogen-bond acceptors (Lipinski definition) is 2. The third-order valence-corrected chi connectivity index (χ3v) is 2.14. The van der Waals surface area contributed by atoms with E-state index in [-0.39, 0.29) is 12.5 Å². The van der Waals surface area contributed by atoms with Crippen LogP contribution in [0.3, 0.4) is 0 Å². The second-order valence-corrected chi connectivity index (χ2v) is 4.03. The molecule has 0 aliphatic carbocycles. The lowest BCUT2D eigenvalue weighted by Gasteiger charge is -2.14. The van der Waals surface area contributed by atoms with Crippen LogP contribution in [0, 0.1) is 5.92 Å². The average Bonchev–Trinajstić information content (AvgIpc) is 2.09. The van der Waals surface area contributed by atoms with Crippen LogP contribution in [0.1, 0.15) is 46.5 Å². The molecule has 0 saturated heterocycles. The molecule has 0 heterocycles. The molecule has 0 amide bonds. The van der Waals surface area contributed by atoms with Gasteiger partial charge in [0.2, 0.25) is 0 Å². The first kappa shape index (κ1) is 13.4. The van der Waals surface area contributed by atoms with Crippen molar-refractivity contribution in [3.8, 4) is 0 Å². The number of carbonyl (C=O) groups is 1. The number of carboxylic acids is 1. The third kappa shape index (κ3) is 8.05. The summed E-state index contributed by atoms with van der Waals surface area (Å²) in [4.78, 5) is 10.4. The van der Waals surface area contributed by atoms with Crippen LogP contribution in [0.5, 0.6) is 0 Å². The van der Waals surface area contributed by atoms with E-state index in [0.717, 1.165) is 19.3 Å². The highest BCUT2D eigenvalue weighted by molar-refractivity contribution is 5.67. The zero-order valence-corrected chi connectivity index (χ0v) is 9.45. The van der Waals surface area contributed by atoms with E-state index in [9.17, 15) is 4.79 Å². The molecule has 3 nitrogen and oxygen atoms in total. The van der Waals surface area contributed by atoms with Gasteiger partial charge in [-0.05, 0) is 25.2 Å². The van der Waals surface area contributed by atoms with E-state index in [2.05, 4.69) is 13.8 Å². The van der Waals surface area contributed by atoms with Crippen LogP contribution < -0.4 is 0 Å². The van der Waals surface area contributed by atoms with E-state index >= 15 is 0 Å². The lowest BCUT2D eigenvalue weighted by atomic mass is 10.1. The summed E-state index contributed by atoms with van der Waals surface area (Å²) in [6, 6.07) is 0.